The van der Waals surface area contributed by atoms with Crippen molar-refractivity contribution >= 4 is 45.0 Å². The molecule has 0 fully saturated rings. The normalized spacial score (nSPS) is 11.2. The summed E-state index contributed by atoms with van der Waals surface area (Å²) in [6.45, 7) is 0. The molecule has 108 valence electrons. The van der Waals surface area contributed by atoms with E-state index in [1.54, 1.807) is 42.5 Å². The number of rotatable bonds is 3. The third-order valence-corrected chi connectivity index (χ3v) is 3.61. The molecular weight excluding hydrogens is 358 g/mol. The number of halogens is 2. The molecule has 4 N–H and O–H groups in total. The highest BCUT2D eigenvalue weighted by molar-refractivity contribution is 9.10. The zero-order valence-corrected chi connectivity index (χ0v) is 13.0. The van der Waals surface area contributed by atoms with Crippen molar-refractivity contribution in [1.82, 2.24) is 0 Å². The second kappa shape index (κ2) is 6.60. The van der Waals surface area contributed by atoms with Gasteiger partial charge in [0.25, 0.3) is 5.91 Å². The molecular formula is C14H11BrClN3O2. The number of carbonyl (C=O) groups excluding carboxylic acids is 1. The Bertz CT molecular complexity index is 702. The van der Waals surface area contributed by atoms with E-state index < -0.39 is 0 Å². The van der Waals surface area contributed by atoms with Crippen molar-refractivity contribution in [2.45, 2.75) is 0 Å². The number of carbonyl (C=O) groups is 1. The van der Waals surface area contributed by atoms with Gasteiger partial charge in [0.2, 0.25) is 0 Å². The van der Waals surface area contributed by atoms with Crippen LogP contribution >= 0.6 is 27.5 Å². The molecule has 0 aliphatic rings. The molecule has 1 amide bonds. The Labute approximate surface area is 134 Å². The number of amides is 1. The second-order valence-electron chi connectivity index (χ2n) is 4.14. The van der Waals surface area contributed by atoms with E-state index in [9.17, 15) is 4.79 Å². The lowest BCUT2D eigenvalue weighted by Gasteiger charge is -2.08. The Balaban J connectivity index is 2.16. The van der Waals surface area contributed by atoms with Crippen LogP contribution in [0.5, 0.6) is 0 Å². The zero-order chi connectivity index (χ0) is 15.4. The lowest BCUT2D eigenvalue weighted by atomic mass is 10.1. The third kappa shape index (κ3) is 3.74. The van der Waals surface area contributed by atoms with Gasteiger partial charge in [-0.1, -0.05) is 16.8 Å². The van der Waals surface area contributed by atoms with Gasteiger partial charge in [-0.3, -0.25) is 4.79 Å². The van der Waals surface area contributed by atoms with Crippen LogP contribution in [0.2, 0.25) is 5.02 Å². The first kappa shape index (κ1) is 15.3. The number of nitrogens with two attached hydrogens (primary N) is 1. The van der Waals surface area contributed by atoms with E-state index in [-0.39, 0.29) is 11.7 Å². The average molecular weight is 369 g/mol. The van der Waals surface area contributed by atoms with Crippen LogP contribution in [0.4, 0.5) is 5.69 Å². The summed E-state index contributed by atoms with van der Waals surface area (Å²) in [6.07, 6.45) is 0. The lowest BCUT2D eigenvalue weighted by molar-refractivity contribution is 0.102. The van der Waals surface area contributed by atoms with Crippen LogP contribution in [0.1, 0.15) is 15.9 Å². The van der Waals surface area contributed by atoms with E-state index >= 15 is 0 Å². The van der Waals surface area contributed by atoms with Gasteiger partial charge in [-0.15, -0.1) is 0 Å². The summed E-state index contributed by atoms with van der Waals surface area (Å²) < 4.78 is 0.612. The van der Waals surface area contributed by atoms with Gasteiger partial charge < -0.3 is 16.3 Å². The van der Waals surface area contributed by atoms with Crippen LogP contribution < -0.4 is 11.1 Å². The maximum atomic E-state index is 12.1. The molecule has 0 aliphatic carbocycles. The molecule has 0 atom stereocenters. The van der Waals surface area contributed by atoms with Crippen molar-refractivity contribution in [1.29, 1.82) is 0 Å². The lowest BCUT2D eigenvalue weighted by Crippen LogP contribution is -2.14. The van der Waals surface area contributed by atoms with Gasteiger partial charge in [-0.25, -0.2) is 0 Å². The largest absolute Gasteiger partial charge is 0.409 e. The van der Waals surface area contributed by atoms with Gasteiger partial charge in [-0.2, -0.15) is 0 Å². The highest BCUT2D eigenvalue weighted by Gasteiger charge is 2.10. The molecule has 2 aromatic carbocycles. The fraction of sp³-hybridized carbons (Fsp3) is 0. The van der Waals surface area contributed by atoms with Gasteiger partial charge in [0, 0.05) is 20.7 Å². The Hall–Kier alpha value is -2.05. The van der Waals surface area contributed by atoms with Gasteiger partial charge in [0.15, 0.2) is 5.84 Å². The van der Waals surface area contributed by atoms with Crippen LogP contribution in [0.15, 0.2) is 52.1 Å². The van der Waals surface area contributed by atoms with E-state index in [2.05, 4.69) is 26.4 Å². The molecule has 2 aromatic rings. The maximum absolute atomic E-state index is 12.1. The molecule has 0 unspecified atom stereocenters. The highest BCUT2D eigenvalue weighted by Crippen LogP contribution is 2.22. The topological polar surface area (TPSA) is 87.7 Å². The molecule has 0 radical (unpaired) electrons. The summed E-state index contributed by atoms with van der Waals surface area (Å²) >= 11 is 9.13. The molecule has 0 bridgehead atoms. The first-order valence-corrected chi connectivity index (χ1v) is 7.02. The minimum atomic E-state index is -0.268. The van der Waals surface area contributed by atoms with Crippen LogP contribution in [0.3, 0.4) is 0 Å². The van der Waals surface area contributed by atoms with Crippen molar-refractivity contribution in [2.24, 2.45) is 10.9 Å². The predicted molar refractivity (Wildman–Crippen MR) is 86.1 cm³/mol. The second-order valence-corrected chi connectivity index (χ2v) is 5.43. The number of hydrogen-bond acceptors (Lipinski definition) is 3. The summed E-state index contributed by atoms with van der Waals surface area (Å²) in [5, 5.41) is 14.8. The highest BCUT2D eigenvalue weighted by atomic mass is 79.9. The summed E-state index contributed by atoms with van der Waals surface area (Å²) in [4.78, 5) is 12.1. The smallest absolute Gasteiger partial charge is 0.256 e. The number of benzene rings is 2. The minimum Gasteiger partial charge on any atom is -0.409 e. The van der Waals surface area contributed by atoms with Crippen molar-refractivity contribution in [3.63, 3.8) is 0 Å². The average Bonchev–Trinajstić information content (AvgIpc) is 2.47. The fourth-order valence-corrected chi connectivity index (χ4v) is 2.52. The fourth-order valence-electron chi connectivity index (χ4n) is 1.65. The van der Waals surface area contributed by atoms with Gasteiger partial charge >= 0.3 is 0 Å². The van der Waals surface area contributed by atoms with E-state index in [0.29, 0.717) is 26.3 Å². The van der Waals surface area contributed by atoms with Crippen molar-refractivity contribution in [3.8, 4) is 0 Å². The molecule has 5 nitrogen and oxygen atoms in total. The number of nitrogens with one attached hydrogen (secondary N) is 1. The first-order valence-electron chi connectivity index (χ1n) is 5.85. The van der Waals surface area contributed by atoms with Crippen LogP contribution in [0, 0.1) is 0 Å². The standard InChI is InChI=1S/C14H11BrClN3O2/c15-12-7-9(16)3-6-11(12)14(20)18-10-4-1-8(2-5-10)13(17)19-21/h1-7,21H,(H2,17,19)(H,18,20). The number of hydrogen-bond donors (Lipinski definition) is 3. The van der Waals surface area contributed by atoms with Gasteiger partial charge in [0.1, 0.15) is 0 Å². The molecule has 0 spiro atoms. The molecule has 0 saturated heterocycles. The maximum Gasteiger partial charge on any atom is 0.256 e. The zero-order valence-electron chi connectivity index (χ0n) is 10.7. The Morgan fingerprint density at radius 3 is 2.48 bits per heavy atom. The number of anilines is 1. The Morgan fingerprint density at radius 1 is 1.24 bits per heavy atom. The van der Waals surface area contributed by atoms with Crippen molar-refractivity contribution in [3.05, 3.63) is 63.1 Å². The van der Waals surface area contributed by atoms with Gasteiger partial charge in [-0.05, 0) is 58.4 Å². The van der Waals surface area contributed by atoms with E-state index in [1.165, 1.54) is 0 Å². The molecule has 0 saturated carbocycles. The van der Waals surface area contributed by atoms with Crippen LogP contribution in [0.25, 0.3) is 0 Å². The molecule has 0 aliphatic heterocycles. The SMILES string of the molecule is N/C(=N/O)c1ccc(NC(=O)c2ccc(Cl)cc2Br)cc1. The quantitative estimate of drug-likeness (QED) is 0.335. The van der Waals surface area contributed by atoms with E-state index in [1.807, 2.05) is 0 Å². The van der Waals surface area contributed by atoms with E-state index in [4.69, 9.17) is 22.5 Å². The van der Waals surface area contributed by atoms with Crippen LogP contribution in [-0.4, -0.2) is 17.0 Å². The molecule has 21 heavy (non-hydrogen) atoms. The Morgan fingerprint density at radius 2 is 1.90 bits per heavy atom. The van der Waals surface area contributed by atoms with E-state index in [0.717, 1.165) is 0 Å². The van der Waals surface area contributed by atoms with Crippen molar-refractivity contribution < 1.29 is 10.0 Å². The first-order chi connectivity index (χ1) is 10.0. The summed E-state index contributed by atoms with van der Waals surface area (Å²) in [5.74, 6) is -0.261. The molecule has 7 heteroatoms. The number of oxime groups is 1. The molecule has 0 heterocycles. The molecule has 0 aromatic heterocycles. The van der Waals surface area contributed by atoms with Crippen molar-refractivity contribution in [2.75, 3.05) is 5.32 Å². The monoisotopic (exact) mass is 367 g/mol. The number of nitrogens with zero attached hydrogens (tertiary/aromatic N) is 1. The number of amidine groups is 1. The third-order valence-electron chi connectivity index (χ3n) is 2.72. The van der Waals surface area contributed by atoms with Crippen LogP contribution in [-0.2, 0) is 0 Å². The summed E-state index contributed by atoms with van der Waals surface area (Å²) in [5.41, 5.74) is 7.09. The van der Waals surface area contributed by atoms with Gasteiger partial charge in [0.05, 0.1) is 5.56 Å². The summed E-state index contributed by atoms with van der Waals surface area (Å²) in [7, 11) is 0. The minimum absolute atomic E-state index is 0.00771. The predicted octanol–water partition coefficient (Wildman–Crippen LogP) is 3.45. The molecule has 2 rings (SSSR count). The summed E-state index contributed by atoms with van der Waals surface area (Å²) in [6, 6.07) is 11.5. The Kier molecular flexibility index (Phi) is 4.82.